The number of likely N-dealkylation sites (N-methyl/N-ethyl adjacent to an activating group) is 1. The molecule has 2 aromatic carbocycles. The monoisotopic (exact) mass is 519 g/mol. The van der Waals surface area contributed by atoms with Crippen molar-refractivity contribution in [1.29, 1.82) is 0 Å². The zero-order chi connectivity index (χ0) is 26.6. The second-order valence-corrected chi connectivity index (χ2v) is 9.33. The van der Waals surface area contributed by atoms with Gasteiger partial charge >= 0.3 is 0 Å². The number of fused-ring (bicyclic) bond motifs is 1. The maximum atomic E-state index is 12.8. The number of aryl methyl sites for hydroxylation is 2. The van der Waals surface area contributed by atoms with E-state index in [1.54, 1.807) is 18.0 Å². The first kappa shape index (κ1) is 25.3. The Labute approximate surface area is 219 Å². The van der Waals surface area contributed by atoms with Crippen molar-refractivity contribution in [1.82, 2.24) is 25.3 Å². The highest BCUT2D eigenvalue weighted by atomic mass is 16.7. The molecule has 5 rings (SSSR count). The van der Waals surface area contributed by atoms with Crippen molar-refractivity contribution in [2.75, 3.05) is 27.5 Å². The zero-order valence-electron chi connectivity index (χ0n) is 21.8. The van der Waals surface area contributed by atoms with E-state index >= 15 is 0 Å². The van der Waals surface area contributed by atoms with Crippen LogP contribution < -0.4 is 14.2 Å². The van der Waals surface area contributed by atoms with Crippen molar-refractivity contribution < 1.29 is 28.2 Å². The van der Waals surface area contributed by atoms with Gasteiger partial charge in [0.05, 0.1) is 12.2 Å². The van der Waals surface area contributed by atoms with Crippen LogP contribution >= 0.6 is 0 Å². The average Bonchev–Trinajstić information content (AvgIpc) is 3.64. The zero-order valence-corrected chi connectivity index (χ0v) is 21.8. The van der Waals surface area contributed by atoms with Crippen LogP contribution in [0.3, 0.4) is 0 Å². The fraction of sp³-hybridized carbons (Fsp3) is 0.333. The summed E-state index contributed by atoms with van der Waals surface area (Å²) in [6, 6.07) is 13.6. The highest BCUT2D eigenvalue weighted by molar-refractivity contribution is 5.77. The minimum absolute atomic E-state index is 0.115. The van der Waals surface area contributed by atoms with Crippen LogP contribution in [0.25, 0.3) is 11.1 Å². The number of carbonyl (C=O) groups is 1. The summed E-state index contributed by atoms with van der Waals surface area (Å²) in [6.45, 7) is 5.20. The maximum Gasteiger partial charge on any atom is 0.260 e. The molecule has 11 heteroatoms. The number of rotatable bonds is 10. The van der Waals surface area contributed by atoms with Gasteiger partial charge in [0.15, 0.2) is 23.9 Å². The Hall–Kier alpha value is -4.38. The first-order valence-electron chi connectivity index (χ1n) is 12.1. The third kappa shape index (κ3) is 5.78. The molecule has 0 spiro atoms. The predicted octanol–water partition coefficient (Wildman–Crippen LogP) is 3.74. The molecule has 0 saturated heterocycles. The van der Waals surface area contributed by atoms with Gasteiger partial charge in [-0.1, -0.05) is 27.6 Å². The molecule has 0 fully saturated rings. The van der Waals surface area contributed by atoms with E-state index in [0.717, 1.165) is 39.5 Å². The number of carbonyl (C=O) groups excluding carboxylic acids is 1. The molecule has 38 heavy (non-hydrogen) atoms. The van der Waals surface area contributed by atoms with Gasteiger partial charge in [0.1, 0.15) is 17.1 Å². The van der Waals surface area contributed by atoms with Crippen molar-refractivity contribution >= 4 is 5.91 Å². The first-order valence-corrected chi connectivity index (χ1v) is 12.1. The second-order valence-electron chi connectivity index (χ2n) is 9.33. The summed E-state index contributed by atoms with van der Waals surface area (Å²) in [5.74, 6) is 2.50. The van der Waals surface area contributed by atoms with Crippen LogP contribution in [0.2, 0.25) is 0 Å². The molecular weight excluding hydrogens is 490 g/mol. The lowest BCUT2D eigenvalue weighted by atomic mass is 10.0. The van der Waals surface area contributed by atoms with Crippen LogP contribution in [0.4, 0.5) is 0 Å². The minimum atomic E-state index is -0.178. The molecule has 0 saturated carbocycles. The lowest BCUT2D eigenvalue weighted by Crippen LogP contribution is -2.31. The Bertz CT molecular complexity index is 1430. The smallest absolute Gasteiger partial charge is 0.260 e. The quantitative estimate of drug-likeness (QED) is 0.307. The second kappa shape index (κ2) is 10.9. The molecule has 0 radical (unpaired) electrons. The van der Waals surface area contributed by atoms with E-state index in [0.29, 0.717) is 36.9 Å². The molecule has 3 heterocycles. The lowest BCUT2D eigenvalue weighted by molar-refractivity contribution is -0.132. The van der Waals surface area contributed by atoms with Crippen molar-refractivity contribution in [3.8, 4) is 28.4 Å². The normalized spacial score (nSPS) is 12.2. The van der Waals surface area contributed by atoms with Gasteiger partial charge < -0.3 is 23.6 Å². The summed E-state index contributed by atoms with van der Waals surface area (Å²) in [5.41, 5.74) is 5.17. The third-order valence-electron chi connectivity index (χ3n) is 6.22. The molecule has 2 aromatic heterocycles. The van der Waals surface area contributed by atoms with E-state index in [9.17, 15) is 4.79 Å². The van der Waals surface area contributed by atoms with Gasteiger partial charge in [-0.2, -0.15) is 0 Å². The highest BCUT2D eigenvalue weighted by Gasteiger charge is 2.18. The number of benzene rings is 2. The summed E-state index contributed by atoms with van der Waals surface area (Å²) in [4.78, 5) is 16.4. The molecule has 0 N–H and O–H groups in total. The fourth-order valence-corrected chi connectivity index (χ4v) is 4.16. The molecule has 4 aromatic rings. The van der Waals surface area contributed by atoms with Crippen LogP contribution in [-0.2, 0) is 24.4 Å². The van der Waals surface area contributed by atoms with Gasteiger partial charge in [0.25, 0.3) is 5.91 Å². The number of hydrogen-bond donors (Lipinski definition) is 0. The number of amides is 1. The topological polar surface area (TPSA) is 116 Å². The Kier molecular flexibility index (Phi) is 7.27. The van der Waals surface area contributed by atoms with E-state index in [1.165, 1.54) is 0 Å². The number of ether oxygens (including phenoxy) is 3. The van der Waals surface area contributed by atoms with E-state index in [2.05, 4.69) is 26.4 Å². The third-order valence-corrected chi connectivity index (χ3v) is 6.22. The highest BCUT2D eigenvalue weighted by Crippen LogP contribution is 2.37. The summed E-state index contributed by atoms with van der Waals surface area (Å²) >= 11 is 0. The molecule has 11 nitrogen and oxygen atoms in total. The van der Waals surface area contributed by atoms with Crippen LogP contribution in [0, 0.1) is 13.8 Å². The van der Waals surface area contributed by atoms with Gasteiger partial charge in [-0.25, -0.2) is 4.63 Å². The largest absolute Gasteiger partial charge is 0.483 e. The van der Waals surface area contributed by atoms with Gasteiger partial charge in [0, 0.05) is 31.8 Å². The van der Waals surface area contributed by atoms with Crippen molar-refractivity contribution in [2.24, 2.45) is 0 Å². The van der Waals surface area contributed by atoms with E-state index < -0.39 is 0 Å². The van der Waals surface area contributed by atoms with Crippen LogP contribution in [0.15, 0.2) is 51.6 Å². The van der Waals surface area contributed by atoms with Crippen LogP contribution in [-0.4, -0.2) is 58.7 Å². The molecule has 0 unspecified atom stereocenters. The van der Waals surface area contributed by atoms with Crippen LogP contribution in [0.5, 0.6) is 17.2 Å². The van der Waals surface area contributed by atoms with Gasteiger partial charge in [-0.3, -0.25) is 9.69 Å². The Morgan fingerprint density at radius 1 is 0.921 bits per heavy atom. The maximum absolute atomic E-state index is 12.8. The lowest BCUT2D eigenvalue weighted by Gasteiger charge is -2.20. The minimum Gasteiger partial charge on any atom is -0.483 e. The Morgan fingerprint density at radius 2 is 1.71 bits per heavy atom. The summed E-state index contributed by atoms with van der Waals surface area (Å²) in [7, 11) is 3.68. The first-order chi connectivity index (χ1) is 18.4. The molecule has 0 atom stereocenters. The Morgan fingerprint density at radius 3 is 2.47 bits per heavy atom. The fourth-order valence-electron chi connectivity index (χ4n) is 4.16. The van der Waals surface area contributed by atoms with Gasteiger partial charge in [-0.05, 0) is 56.3 Å². The summed E-state index contributed by atoms with van der Waals surface area (Å²) < 4.78 is 27.1. The Balaban J connectivity index is 1.33. The average molecular weight is 520 g/mol. The summed E-state index contributed by atoms with van der Waals surface area (Å²) in [5, 5.41) is 11.7. The van der Waals surface area contributed by atoms with E-state index in [-0.39, 0.29) is 19.3 Å². The van der Waals surface area contributed by atoms with Gasteiger partial charge in [-0.15, -0.1) is 0 Å². The number of hydrogen-bond acceptors (Lipinski definition) is 10. The van der Waals surface area contributed by atoms with E-state index in [1.807, 2.05) is 51.2 Å². The van der Waals surface area contributed by atoms with Crippen molar-refractivity contribution in [3.63, 3.8) is 0 Å². The molecular formula is C27H29N5O6. The molecule has 1 aliphatic rings. The van der Waals surface area contributed by atoms with Gasteiger partial charge in [0.2, 0.25) is 6.79 Å². The SMILES string of the molecule is Cc1cc(CN(C)C(=O)COc2ccc(-c3ccc4c(c3)OCO4)cc2CN(C)Cc2nonc2C)on1. The molecule has 1 amide bonds. The number of nitrogens with zero attached hydrogens (tertiary/aromatic N) is 5. The van der Waals surface area contributed by atoms with Crippen molar-refractivity contribution in [3.05, 3.63) is 70.9 Å². The molecule has 0 bridgehead atoms. The molecule has 0 aliphatic carbocycles. The molecule has 1 aliphatic heterocycles. The van der Waals surface area contributed by atoms with Crippen molar-refractivity contribution in [2.45, 2.75) is 33.5 Å². The predicted molar refractivity (Wildman–Crippen MR) is 135 cm³/mol. The van der Waals surface area contributed by atoms with Crippen LogP contribution in [0.1, 0.15) is 28.4 Å². The van der Waals surface area contributed by atoms with E-state index in [4.69, 9.17) is 23.4 Å². The summed E-state index contributed by atoms with van der Waals surface area (Å²) in [6.07, 6.45) is 0. The molecule has 198 valence electrons. The standard InChI is InChI=1S/C27H29N5O6/c1-17-9-22(37-28-17)13-32(4)27(33)15-34-24-7-5-19(20-6-8-25-26(11-20)36-16-35-25)10-21(24)12-31(3)14-23-18(2)29-38-30-23/h5-11H,12-16H2,1-4H3. The number of aromatic nitrogens is 3.